The average molecular weight is 553 g/mol. The van der Waals surface area contributed by atoms with Crippen molar-refractivity contribution >= 4 is 51.8 Å². The normalized spacial score (nSPS) is 15.6. The fourth-order valence-electron chi connectivity index (χ4n) is 3.36. The molecule has 8 heteroatoms. The molecule has 1 aliphatic carbocycles. The number of nitrogens with one attached hydrogen (secondary N) is 2. The number of halogens is 2. The lowest BCUT2D eigenvalue weighted by Crippen LogP contribution is -2.49. The number of benzene rings is 1. The molecule has 1 fully saturated rings. The van der Waals surface area contributed by atoms with E-state index >= 15 is 0 Å². The molecule has 1 amide bonds. The van der Waals surface area contributed by atoms with Gasteiger partial charge >= 0.3 is 0 Å². The van der Waals surface area contributed by atoms with Crippen LogP contribution in [-0.2, 0) is 4.79 Å². The summed E-state index contributed by atoms with van der Waals surface area (Å²) in [5, 5.41) is 6.56. The molecule has 0 radical (unpaired) electrons. The van der Waals surface area contributed by atoms with E-state index in [0.717, 1.165) is 35.9 Å². The minimum absolute atomic E-state index is 0. The number of ether oxygens (including phenoxy) is 1. The minimum Gasteiger partial charge on any atom is -0.492 e. The molecule has 6 nitrogen and oxygen atoms in total. The van der Waals surface area contributed by atoms with Crippen LogP contribution in [0.25, 0.3) is 0 Å². The topological polar surface area (TPSA) is 66.0 Å². The van der Waals surface area contributed by atoms with Crippen molar-refractivity contribution in [1.29, 1.82) is 0 Å². The predicted octanol–water partition coefficient (Wildman–Crippen LogP) is 3.26. The monoisotopic (exact) mass is 552 g/mol. The maximum absolute atomic E-state index is 12.6. The van der Waals surface area contributed by atoms with E-state index in [4.69, 9.17) is 4.74 Å². The Labute approximate surface area is 187 Å². The highest BCUT2D eigenvalue weighted by Gasteiger charge is 2.42. The van der Waals surface area contributed by atoms with E-state index < -0.39 is 0 Å². The van der Waals surface area contributed by atoms with Crippen molar-refractivity contribution in [3.63, 3.8) is 0 Å². The molecule has 0 bridgehead atoms. The third kappa shape index (κ3) is 7.14. The van der Waals surface area contributed by atoms with Crippen LogP contribution in [0.2, 0.25) is 0 Å². The highest BCUT2D eigenvalue weighted by molar-refractivity contribution is 14.0. The first-order valence-electron chi connectivity index (χ1n) is 9.01. The summed E-state index contributed by atoms with van der Waals surface area (Å²) in [4.78, 5) is 18.6. The highest BCUT2D eigenvalue weighted by Crippen LogP contribution is 2.38. The van der Waals surface area contributed by atoms with Crippen molar-refractivity contribution in [2.24, 2.45) is 10.4 Å². The second-order valence-corrected chi connectivity index (χ2v) is 7.76. The summed E-state index contributed by atoms with van der Waals surface area (Å²) >= 11 is 3.43. The Bertz CT molecular complexity index is 634. The largest absolute Gasteiger partial charge is 0.492 e. The fourth-order valence-corrected chi connectivity index (χ4v) is 3.74. The van der Waals surface area contributed by atoms with Gasteiger partial charge in [0.25, 0.3) is 0 Å². The molecule has 2 rings (SSSR count). The number of carbonyl (C=O) groups is 1. The molecule has 152 valence electrons. The first kappa shape index (κ1) is 24.0. The summed E-state index contributed by atoms with van der Waals surface area (Å²) in [5.74, 6) is 1.72. The molecule has 1 aliphatic rings. The van der Waals surface area contributed by atoms with Crippen LogP contribution in [0.15, 0.2) is 33.7 Å². The van der Waals surface area contributed by atoms with Gasteiger partial charge in [0.2, 0.25) is 5.91 Å². The van der Waals surface area contributed by atoms with Gasteiger partial charge in [-0.3, -0.25) is 9.79 Å². The van der Waals surface area contributed by atoms with Gasteiger partial charge in [-0.05, 0) is 31.0 Å². The molecule has 1 saturated carbocycles. The highest BCUT2D eigenvalue weighted by atomic mass is 127. The Morgan fingerprint density at radius 2 is 2.00 bits per heavy atom. The van der Waals surface area contributed by atoms with Crippen molar-refractivity contribution in [2.45, 2.75) is 25.7 Å². The summed E-state index contributed by atoms with van der Waals surface area (Å²) in [5.41, 5.74) is -0.312. The number of hydrogen-bond acceptors (Lipinski definition) is 3. The Kier molecular flexibility index (Phi) is 10.4. The lowest BCUT2D eigenvalue weighted by atomic mass is 9.84. The van der Waals surface area contributed by atoms with Crippen LogP contribution in [0.4, 0.5) is 0 Å². The molecule has 0 aromatic heterocycles. The number of amides is 1. The van der Waals surface area contributed by atoms with E-state index in [0.29, 0.717) is 25.7 Å². The van der Waals surface area contributed by atoms with E-state index in [1.807, 2.05) is 38.4 Å². The lowest BCUT2D eigenvalue weighted by Gasteiger charge is -2.31. The van der Waals surface area contributed by atoms with E-state index in [1.165, 1.54) is 0 Å². The Balaban J connectivity index is 0.00000364. The maximum atomic E-state index is 12.6. The number of nitrogens with zero attached hydrogens (tertiary/aromatic N) is 2. The van der Waals surface area contributed by atoms with Crippen molar-refractivity contribution in [3.8, 4) is 5.75 Å². The van der Waals surface area contributed by atoms with Gasteiger partial charge in [-0.25, -0.2) is 0 Å². The van der Waals surface area contributed by atoms with Gasteiger partial charge < -0.3 is 20.3 Å². The fraction of sp³-hybridized carbons (Fsp3) is 0.579. The van der Waals surface area contributed by atoms with E-state index in [9.17, 15) is 4.79 Å². The molecule has 1 aromatic carbocycles. The molecule has 27 heavy (non-hydrogen) atoms. The number of rotatable bonds is 7. The van der Waals surface area contributed by atoms with Gasteiger partial charge in [0.15, 0.2) is 5.96 Å². The third-order valence-corrected chi connectivity index (χ3v) is 5.19. The zero-order chi connectivity index (χ0) is 19.0. The Morgan fingerprint density at radius 3 is 2.59 bits per heavy atom. The summed E-state index contributed by atoms with van der Waals surface area (Å²) in [7, 11) is 5.39. The minimum atomic E-state index is -0.312. The third-order valence-electron chi connectivity index (χ3n) is 4.70. The summed E-state index contributed by atoms with van der Waals surface area (Å²) in [6.45, 7) is 1.76. The molecule has 0 unspecified atom stereocenters. The Morgan fingerprint density at radius 1 is 1.30 bits per heavy atom. The van der Waals surface area contributed by atoms with Crippen LogP contribution in [0.3, 0.4) is 0 Å². The van der Waals surface area contributed by atoms with Gasteiger partial charge in [-0.15, -0.1) is 24.0 Å². The van der Waals surface area contributed by atoms with Gasteiger partial charge in [-0.1, -0.05) is 34.8 Å². The number of aliphatic imine (C=N–C) groups is 1. The van der Waals surface area contributed by atoms with Gasteiger partial charge in [0.05, 0.1) is 12.0 Å². The molecule has 0 aliphatic heterocycles. The van der Waals surface area contributed by atoms with Gasteiger partial charge in [-0.2, -0.15) is 0 Å². The van der Waals surface area contributed by atoms with Crippen molar-refractivity contribution in [1.82, 2.24) is 15.5 Å². The quantitative estimate of drug-likeness (QED) is 0.236. The van der Waals surface area contributed by atoms with Crippen LogP contribution in [-0.4, -0.2) is 57.6 Å². The predicted molar refractivity (Wildman–Crippen MR) is 124 cm³/mol. The van der Waals surface area contributed by atoms with Crippen LogP contribution < -0.4 is 15.4 Å². The zero-order valence-electron chi connectivity index (χ0n) is 16.3. The molecule has 2 N–H and O–H groups in total. The first-order chi connectivity index (χ1) is 12.5. The van der Waals surface area contributed by atoms with Gasteiger partial charge in [0.1, 0.15) is 12.4 Å². The smallest absolute Gasteiger partial charge is 0.230 e. The summed E-state index contributed by atoms with van der Waals surface area (Å²) in [6.07, 6.45) is 4.07. The summed E-state index contributed by atoms with van der Waals surface area (Å²) < 4.78 is 6.71. The molecule has 0 atom stereocenters. The number of guanidine groups is 1. The van der Waals surface area contributed by atoms with E-state index in [1.54, 1.807) is 11.9 Å². The SMILES string of the molecule is CN=C(NCCOc1cccc(Br)c1)NCC1(C(=O)N(C)C)CCCC1.I. The average Bonchev–Trinajstić information content (AvgIpc) is 3.10. The molecule has 0 saturated heterocycles. The van der Waals surface area contributed by atoms with Gasteiger partial charge in [0, 0.05) is 32.2 Å². The Hall–Kier alpha value is -1.03. The van der Waals surface area contributed by atoms with Crippen LogP contribution >= 0.6 is 39.9 Å². The zero-order valence-corrected chi connectivity index (χ0v) is 20.2. The number of carbonyl (C=O) groups excluding carboxylic acids is 1. The van der Waals surface area contributed by atoms with E-state index in [2.05, 4.69) is 31.6 Å². The lowest BCUT2D eigenvalue weighted by molar-refractivity contribution is -0.138. The van der Waals surface area contributed by atoms with Crippen LogP contribution in [0.1, 0.15) is 25.7 Å². The molecule has 0 heterocycles. The van der Waals surface area contributed by atoms with Crippen molar-refractivity contribution in [2.75, 3.05) is 40.8 Å². The van der Waals surface area contributed by atoms with Crippen LogP contribution in [0.5, 0.6) is 5.75 Å². The van der Waals surface area contributed by atoms with Crippen molar-refractivity contribution < 1.29 is 9.53 Å². The maximum Gasteiger partial charge on any atom is 0.230 e. The second-order valence-electron chi connectivity index (χ2n) is 6.85. The van der Waals surface area contributed by atoms with Crippen LogP contribution in [0, 0.1) is 5.41 Å². The molecule has 1 aromatic rings. The second kappa shape index (κ2) is 11.7. The standard InChI is InChI=1S/C19H29BrN4O2.HI/c1-21-18(22-11-12-26-16-8-6-7-15(20)13-16)23-14-19(9-4-5-10-19)17(25)24(2)3;/h6-8,13H,4-5,9-12,14H2,1-3H3,(H2,21,22,23);1H. The number of hydrogen-bond donors (Lipinski definition) is 2. The van der Waals surface area contributed by atoms with Crippen molar-refractivity contribution in [3.05, 3.63) is 28.7 Å². The van der Waals surface area contributed by atoms with E-state index in [-0.39, 0.29) is 35.3 Å². The molecule has 0 spiro atoms. The molecular weight excluding hydrogens is 523 g/mol. The summed E-state index contributed by atoms with van der Waals surface area (Å²) in [6, 6.07) is 7.76. The first-order valence-corrected chi connectivity index (χ1v) is 9.81. The molecular formula is C19H30BrIN4O2.